The van der Waals surface area contributed by atoms with Crippen LogP contribution in [0.15, 0.2) is 27.7 Å². The second kappa shape index (κ2) is 7.25. The Hall–Kier alpha value is -1.12. The first-order valence-electron chi connectivity index (χ1n) is 8.23. The first-order chi connectivity index (χ1) is 11.8. The molecule has 8 heteroatoms. The molecule has 0 aromatic heterocycles. The fourth-order valence-corrected chi connectivity index (χ4v) is 4.56. The van der Waals surface area contributed by atoms with E-state index in [1.165, 1.54) is 6.07 Å². The molecular weight excluding hydrogens is 407 g/mol. The molecule has 1 aromatic rings. The molecule has 0 saturated carbocycles. The third kappa shape index (κ3) is 4.17. The van der Waals surface area contributed by atoms with Gasteiger partial charge in [0.2, 0.25) is 5.91 Å². The molecular formula is C17H22BrFN4OS. The molecule has 1 saturated heterocycles. The maximum Gasteiger partial charge on any atom is 0.239 e. The number of halogens is 2. The number of hydrogen-bond acceptors (Lipinski definition) is 5. The SMILES string of the molecule is CC1(C)CN=C(N2CCN([C@H](C(N)=O)c3ccc(Br)cc3F)CC2)S1. The van der Waals surface area contributed by atoms with Crippen molar-refractivity contribution in [1.29, 1.82) is 0 Å². The Balaban J connectivity index is 1.70. The molecule has 0 spiro atoms. The van der Waals surface area contributed by atoms with E-state index in [1.807, 2.05) is 4.90 Å². The van der Waals surface area contributed by atoms with E-state index >= 15 is 0 Å². The van der Waals surface area contributed by atoms with Crippen LogP contribution in [0.4, 0.5) is 4.39 Å². The number of rotatable bonds is 3. The van der Waals surface area contributed by atoms with Crippen molar-refractivity contribution in [3.8, 4) is 0 Å². The number of carbonyl (C=O) groups excluding carboxylic acids is 1. The zero-order chi connectivity index (χ0) is 18.2. The van der Waals surface area contributed by atoms with Crippen LogP contribution in [0.3, 0.4) is 0 Å². The van der Waals surface area contributed by atoms with E-state index in [4.69, 9.17) is 5.73 Å². The van der Waals surface area contributed by atoms with Gasteiger partial charge in [-0.3, -0.25) is 14.7 Å². The van der Waals surface area contributed by atoms with Gasteiger partial charge < -0.3 is 10.6 Å². The van der Waals surface area contributed by atoms with Gasteiger partial charge in [-0.15, -0.1) is 0 Å². The van der Waals surface area contributed by atoms with Crippen molar-refractivity contribution in [2.75, 3.05) is 32.7 Å². The van der Waals surface area contributed by atoms with Gasteiger partial charge in [0.25, 0.3) is 0 Å². The van der Waals surface area contributed by atoms with Crippen molar-refractivity contribution in [2.24, 2.45) is 10.7 Å². The average molecular weight is 429 g/mol. The lowest BCUT2D eigenvalue weighted by atomic mass is 10.0. The third-order valence-corrected chi connectivity index (χ3v) is 6.18. The highest BCUT2D eigenvalue weighted by Crippen LogP contribution is 2.34. The topological polar surface area (TPSA) is 61.9 Å². The first-order valence-corrected chi connectivity index (χ1v) is 9.84. The number of thioether (sulfide) groups is 1. The number of nitrogens with zero attached hydrogens (tertiary/aromatic N) is 3. The minimum atomic E-state index is -0.745. The Morgan fingerprint density at radius 2 is 2.04 bits per heavy atom. The largest absolute Gasteiger partial charge is 0.368 e. The Morgan fingerprint density at radius 3 is 2.56 bits per heavy atom. The molecule has 2 N–H and O–H groups in total. The number of nitrogens with two attached hydrogens (primary N) is 1. The van der Waals surface area contributed by atoms with Crippen LogP contribution in [-0.2, 0) is 4.79 Å². The van der Waals surface area contributed by atoms with Crippen molar-refractivity contribution in [3.63, 3.8) is 0 Å². The molecule has 2 aliphatic heterocycles. The molecule has 0 aliphatic carbocycles. The van der Waals surface area contributed by atoms with Crippen molar-refractivity contribution in [1.82, 2.24) is 9.80 Å². The summed E-state index contributed by atoms with van der Waals surface area (Å²) in [6, 6.07) is 3.98. The number of hydrogen-bond donors (Lipinski definition) is 1. The number of carbonyl (C=O) groups is 1. The van der Waals surface area contributed by atoms with Crippen molar-refractivity contribution < 1.29 is 9.18 Å². The highest BCUT2D eigenvalue weighted by molar-refractivity contribution is 9.10. The molecule has 136 valence electrons. The van der Waals surface area contributed by atoms with Gasteiger partial charge >= 0.3 is 0 Å². The molecule has 1 fully saturated rings. The average Bonchev–Trinajstić information content (AvgIpc) is 2.90. The van der Waals surface area contributed by atoms with Gasteiger partial charge in [0, 0.05) is 41.0 Å². The molecule has 2 heterocycles. The molecule has 0 unspecified atom stereocenters. The van der Waals surface area contributed by atoms with Crippen LogP contribution in [0.5, 0.6) is 0 Å². The molecule has 1 atom stereocenters. The van der Waals surface area contributed by atoms with E-state index in [9.17, 15) is 9.18 Å². The van der Waals surface area contributed by atoms with Crippen LogP contribution in [0.1, 0.15) is 25.5 Å². The van der Waals surface area contributed by atoms with Crippen LogP contribution >= 0.6 is 27.7 Å². The second-order valence-electron chi connectivity index (χ2n) is 6.95. The quantitative estimate of drug-likeness (QED) is 0.803. The van der Waals surface area contributed by atoms with Crippen LogP contribution < -0.4 is 5.73 Å². The van der Waals surface area contributed by atoms with Crippen LogP contribution in [0.25, 0.3) is 0 Å². The van der Waals surface area contributed by atoms with Crippen molar-refractivity contribution >= 4 is 38.8 Å². The van der Waals surface area contributed by atoms with Gasteiger partial charge in [0.05, 0.1) is 6.54 Å². The van der Waals surface area contributed by atoms with E-state index in [2.05, 4.69) is 39.7 Å². The van der Waals surface area contributed by atoms with E-state index in [1.54, 1.807) is 23.9 Å². The maximum absolute atomic E-state index is 14.3. The standard InChI is InChI=1S/C17H22BrFN4OS/c1-17(2)10-21-16(25-17)23-7-5-22(6-8-23)14(15(20)24)12-4-3-11(18)9-13(12)19/h3-4,9,14H,5-8,10H2,1-2H3,(H2,20,24)/t14-/m0/s1. The molecule has 5 nitrogen and oxygen atoms in total. The minimum Gasteiger partial charge on any atom is -0.368 e. The lowest BCUT2D eigenvalue weighted by Gasteiger charge is -2.39. The summed E-state index contributed by atoms with van der Waals surface area (Å²) >= 11 is 5.03. The zero-order valence-electron chi connectivity index (χ0n) is 14.3. The Kier molecular flexibility index (Phi) is 5.41. The fourth-order valence-electron chi connectivity index (χ4n) is 3.16. The summed E-state index contributed by atoms with van der Waals surface area (Å²) < 4.78 is 15.1. The van der Waals surface area contributed by atoms with Crippen LogP contribution in [0, 0.1) is 5.82 Å². The second-order valence-corrected chi connectivity index (χ2v) is 9.54. The first kappa shape index (κ1) is 18.7. The van der Waals surface area contributed by atoms with Gasteiger partial charge in [0.15, 0.2) is 5.17 Å². The predicted octanol–water partition coefficient (Wildman–Crippen LogP) is 2.61. The van der Waals surface area contributed by atoms with Crippen LogP contribution in [-0.4, -0.2) is 58.3 Å². The summed E-state index contributed by atoms with van der Waals surface area (Å²) in [5, 5.41) is 1.06. The van der Waals surface area contributed by atoms with Gasteiger partial charge in [-0.2, -0.15) is 0 Å². The van der Waals surface area contributed by atoms with Gasteiger partial charge in [-0.25, -0.2) is 4.39 Å². The van der Waals surface area contributed by atoms with E-state index < -0.39 is 17.8 Å². The maximum atomic E-state index is 14.3. The van der Waals surface area contributed by atoms with Gasteiger partial charge in [0.1, 0.15) is 11.9 Å². The molecule has 1 amide bonds. The Morgan fingerprint density at radius 1 is 1.36 bits per heavy atom. The number of amidine groups is 1. The molecule has 2 aliphatic rings. The predicted molar refractivity (Wildman–Crippen MR) is 103 cm³/mol. The lowest BCUT2D eigenvalue weighted by Crippen LogP contribution is -2.51. The van der Waals surface area contributed by atoms with Crippen molar-refractivity contribution in [3.05, 3.63) is 34.1 Å². The zero-order valence-corrected chi connectivity index (χ0v) is 16.7. The van der Waals surface area contributed by atoms with Crippen LogP contribution in [0.2, 0.25) is 0 Å². The van der Waals surface area contributed by atoms with E-state index in [0.29, 0.717) is 23.1 Å². The van der Waals surface area contributed by atoms with E-state index in [0.717, 1.165) is 24.8 Å². The smallest absolute Gasteiger partial charge is 0.239 e. The number of benzene rings is 1. The molecule has 25 heavy (non-hydrogen) atoms. The highest BCUT2D eigenvalue weighted by atomic mass is 79.9. The minimum absolute atomic E-state index is 0.142. The normalized spacial score (nSPS) is 21.9. The van der Waals surface area contributed by atoms with Gasteiger partial charge in [-0.05, 0) is 26.0 Å². The Labute approximate surface area is 160 Å². The number of primary amides is 1. The monoisotopic (exact) mass is 428 g/mol. The summed E-state index contributed by atoms with van der Waals surface area (Å²) in [6.07, 6.45) is 0. The van der Waals surface area contributed by atoms with Crippen molar-refractivity contribution in [2.45, 2.75) is 24.6 Å². The molecule has 1 aromatic carbocycles. The molecule has 3 rings (SSSR count). The highest BCUT2D eigenvalue weighted by Gasteiger charge is 2.35. The molecule has 0 bridgehead atoms. The molecule has 0 radical (unpaired) electrons. The van der Waals surface area contributed by atoms with Gasteiger partial charge in [-0.1, -0.05) is 33.8 Å². The lowest BCUT2D eigenvalue weighted by molar-refractivity contribution is -0.124. The summed E-state index contributed by atoms with van der Waals surface area (Å²) in [7, 11) is 0. The summed E-state index contributed by atoms with van der Waals surface area (Å²) in [5.41, 5.74) is 5.93. The fraction of sp³-hybridized carbons (Fsp3) is 0.529. The Bertz CT molecular complexity index is 704. The number of piperazine rings is 1. The summed E-state index contributed by atoms with van der Waals surface area (Å²) in [6.45, 7) is 7.98. The third-order valence-electron chi connectivity index (χ3n) is 4.44. The summed E-state index contributed by atoms with van der Waals surface area (Å²) in [4.78, 5) is 20.8. The van der Waals surface area contributed by atoms with E-state index in [-0.39, 0.29) is 4.75 Å². The number of aliphatic imine (C=N–C) groups is 1. The number of amides is 1. The summed E-state index contributed by atoms with van der Waals surface area (Å²) in [5.74, 6) is -0.943.